The number of aromatic nitrogens is 1. The normalized spacial score (nSPS) is 18.6. The average molecular weight is 277 g/mol. The van der Waals surface area contributed by atoms with Gasteiger partial charge in [-0.25, -0.2) is 9.78 Å². The van der Waals surface area contributed by atoms with E-state index in [4.69, 9.17) is 11.5 Å². The number of rotatable bonds is 3. The number of carbonyl (C=O) groups excluding carboxylic acids is 2. The summed E-state index contributed by atoms with van der Waals surface area (Å²) in [5.74, 6) is 0.0528. The summed E-state index contributed by atoms with van der Waals surface area (Å²) < 4.78 is 0. The first kappa shape index (κ1) is 14.1. The molecule has 0 aromatic carbocycles. The molecular weight excluding hydrogens is 258 g/mol. The van der Waals surface area contributed by atoms with Gasteiger partial charge in [0.05, 0.1) is 5.69 Å². The number of piperidine rings is 1. The third kappa shape index (κ3) is 3.37. The third-order valence-corrected chi connectivity index (χ3v) is 3.41. The average Bonchev–Trinajstić information content (AvgIpc) is 2.45. The molecule has 2 rings (SSSR count). The van der Waals surface area contributed by atoms with Gasteiger partial charge in [-0.05, 0) is 30.9 Å². The molecule has 5 N–H and O–H groups in total. The van der Waals surface area contributed by atoms with Gasteiger partial charge in [0.25, 0.3) is 5.91 Å². The Labute approximate surface area is 117 Å². The van der Waals surface area contributed by atoms with E-state index in [1.165, 1.54) is 0 Å². The first-order valence-corrected chi connectivity index (χ1v) is 6.61. The summed E-state index contributed by atoms with van der Waals surface area (Å²) in [6.45, 7) is 1.74. The SMILES string of the molecule is NC(=O)NCC1CCCN(C(=O)c2ncccc2N)C1. The molecule has 2 heterocycles. The number of hydrogen-bond donors (Lipinski definition) is 3. The van der Waals surface area contributed by atoms with Crippen molar-refractivity contribution in [3.8, 4) is 0 Å². The molecule has 1 unspecified atom stereocenters. The van der Waals surface area contributed by atoms with Crippen molar-refractivity contribution in [3.05, 3.63) is 24.0 Å². The van der Waals surface area contributed by atoms with E-state index in [0.717, 1.165) is 12.8 Å². The van der Waals surface area contributed by atoms with E-state index in [1.807, 2.05) is 0 Å². The molecule has 1 aromatic rings. The highest BCUT2D eigenvalue weighted by molar-refractivity contribution is 5.97. The maximum atomic E-state index is 12.4. The van der Waals surface area contributed by atoms with Crippen LogP contribution in [-0.4, -0.2) is 41.5 Å². The lowest BCUT2D eigenvalue weighted by molar-refractivity contribution is 0.0670. The standard InChI is InChI=1S/C13H19N5O2/c14-10-4-1-5-16-11(10)12(19)18-6-2-3-9(8-18)7-17-13(15)20/h1,4-5,9H,2-3,6-8,14H2,(H3,15,17,20). The van der Waals surface area contributed by atoms with Crippen LogP contribution in [0.2, 0.25) is 0 Å². The Bertz CT molecular complexity index is 505. The number of nitrogen functional groups attached to an aromatic ring is 1. The topological polar surface area (TPSA) is 114 Å². The summed E-state index contributed by atoms with van der Waals surface area (Å²) in [6, 6.07) is 2.82. The molecule has 0 bridgehead atoms. The van der Waals surface area contributed by atoms with E-state index in [1.54, 1.807) is 23.2 Å². The molecule has 1 atom stereocenters. The molecule has 0 radical (unpaired) electrons. The van der Waals surface area contributed by atoms with Crippen LogP contribution in [0.1, 0.15) is 23.3 Å². The smallest absolute Gasteiger partial charge is 0.312 e. The molecule has 20 heavy (non-hydrogen) atoms. The molecule has 0 saturated carbocycles. The summed E-state index contributed by atoms with van der Waals surface area (Å²) in [7, 11) is 0. The van der Waals surface area contributed by atoms with Gasteiger partial charge in [0.15, 0.2) is 5.69 Å². The van der Waals surface area contributed by atoms with E-state index >= 15 is 0 Å². The predicted octanol–water partition coefficient (Wildman–Crippen LogP) is 0.184. The number of anilines is 1. The third-order valence-electron chi connectivity index (χ3n) is 3.41. The Morgan fingerprint density at radius 2 is 2.30 bits per heavy atom. The molecule has 1 aliphatic heterocycles. The van der Waals surface area contributed by atoms with Crippen LogP contribution in [0.15, 0.2) is 18.3 Å². The van der Waals surface area contributed by atoms with Crippen molar-refractivity contribution in [2.24, 2.45) is 11.7 Å². The number of urea groups is 1. The van der Waals surface area contributed by atoms with Crippen LogP contribution >= 0.6 is 0 Å². The van der Waals surface area contributed by atoms with Crippen LogP contribution in [0.5, 0.6) is 0 Å². The molecular formula is C13H19N5O2. The zero-order valence-electron chi connectivity index (χ0n) is 11.2. The van der Waals surface area contributed by atoms with Gasteiger partial charge in [-0.1, -0.05) is 0 Å². The van der Waals surface area contributed by atoms with Crippen molar-refractivity contribution in [2.75, 3.05) is 25.4 Å². The van der Waals surface area contributed by atoms with Crippen LogP contribution in [-0.2, 0) is 0 Å². The van der Waals surface area contributed by atoms with Gasteiger partial charge < -0.3 is 21.7 Å². The van der Waals surface area contributed by atoms with Gasteiger partial charge in [-0.15, -0.1) is 0 Å². The van der Waals surface area contributed by atoms with Gasteiger partial charge in [0, 0.05) is 25.8 Å². The zero-order chi connectivity index (χ0) is 14.5. The molecule has 108 valence electrons. The number of nitrogens with two attached hydrogens (primary N) is 2. The van der Waals surface area contributed by atoms with E-state index in [2.05, 4.69) is 10.3 Å². The van der Waals surface area contributed by atoms with Gasteiger partial charge in [0.2, 0.25) is 0 Å². The monoisotopic (exact) mass is 277 g/mol. The van der Waals surface area contributed by atoms with Gasteiger partial charge in [-0.3, -0.25) is 4.79 Å². The quantitative estimate of drug-likeness (QED) is 0.731. The minimum absolute atomic E-state index is 0.160. The summed E-state index contributed by atoms with van der Waals surface area (Å²) in [5, 5.41) is 2.59. The van der Waals surface area contributed by atoms with Gasteiger partial charge >= 0.3 is 6.03 Å². The van der Waals surface area contributed by atoms with E-state index in [0.29, 0.717) is 25.3 Å². The fourth-order valence-corrected chi connectivity index (χ4v) is 2.41. The maximum Gasteiger partial charge on any atom is 0.312 e. The molecule has 3 amide bonds. The summed E-state index contributed by atoms with van der Waals surface area (Å²) >= 11 is 0. The highest BCUT2D eigenvalue weighted by Gasteiger charge is 2.26. The number of hydrogen-bond acceptors (Lipinski definition) is 4. The van der Waals surface area contributed by atoms with Crippen LogP contribution in [0.4, 0.5) is 10.5 Å². The lowest BCUT2D eigenvalue weighted by Gasteiger charge is -2.32. The highest BCUT2D eigenvalue weighted by atomic mass is 16.2. The van der Waals surface area contributed by atoms with Crippen LogP contribution < -0.4 is 16.8 Å². The molecule has 1 aromatic heterocycles. The van der Waals surface area contributed by atoms with Gasteiger partial charge in [-0.2, -0.15) is 0 Å². The second kappa shape index (κ2) is 6.23. The summed E-state index contributed by atoms with van der Waals surface area (Å²) in [5.41, 5.74) is 11.5. The van der Waals surface area contributed by atoms with Crippen molar-refractivity contribution >= 4 is 17.6 Å². The van der Waals surface area contributed by atoms with Crippen molar-refractivity contribution in [3.63, 3.8) is 0 Å². The highest BCUT2D eigenvalue weighted by Crippen LogP contribution is 2.19. The number of nitrogens with one attached hydrogen (secondary N) is 1. The number of nitrogens with zero attached hydrogens (tertiary/aromatic N) is 2. The Balaban J connectivity index is 2.00. The largest absolute Gasteiger partial charge is 0.397 e. The molecule has 1 saturated heterocycles. The van der Waals surface area contributed by atoms with Gasteiger partial charge in [0.1, 0.15) is 0 Å². The second-order valence-corrected chi connectivity index (χ2v) is 4.95. The summed E-state index contributed by atoms with van der Waals surface area (Å²) in [4.78, 5) is 28.9. The minimum Gasteiger partial charge on any atom is -0.397 e. The number of amides is 3. The van der Waals surface area contributed by atoms with E-state index in [-0.39, 0.29) is 17.5 Å². The lowest BCUT2D eigenvalue weighted by atomic mass is 9.97. The molecule has 1 fully saturated rings. The van der Waals surface area contributed by atoms with Crippen molar-refractivity contribution in [1.29, 1.82) is 0 Å². The summed E-state index contributed by atoms with van der Waals surface area (Å²) in [6.07, 6.45) is 3.41. The van der Waals surface area contributed by atoms with Crippen molar-refractivity contribution in [1.82, 2.24) is 15.2 Å². The molecule has 7 nitrogen and oxygen atoms in total. The van der Waals surface area contributed by atoms with Crippen molar-refractivity contribution < 1.29 is 9.59 Å². The van der Waals surface area contributed by atoms with E-state index < -0.39 is 6.03 Å². The molecule has 7 heteroatoms. The van der Waals surface area contributed by atoms with Crippen molar-refractivity contribution in [2.45, 2.75) is 12.8 Å². The molecule has 0 aliphatic carbocycles. The van der Waals surface area contributed by atoms with Crippen LogP contribution in [0.25, 0.3) is 0 Å². The first-order valence-electron chi connectivity index (χ1n) is 6.61. The van der Waals surface area contributed by atoms with E-state index in [9.17, 15) is 9.59 Å². The Hall–Kier alpha value is -2.31. The van der Waals surface area contributed by atoms with Crippen LogP contribution in [0.3, 0.4) is 0 Å². The Morgan fingerprint density at radius 3 is 3.00 bits per heavy atom. The molecule has 0 spiro atoms. The Kier molecular flexibility index (Phi) is 4.39. The number of primary amides is 1. The lowest BCUT2D eigenvalue weighted by Crippen LogP contribution is -2.44. The first-order chi connectivity index (χ1) is 9.58. The second-order valence-electron chi connectivity index (χ2n) is 4.95. The minimum atomic E-state index is -0.539. The fourth-order valence-electron chi connectivity index (χ4n) is 2.41. The van der Waals surface area contributed by atoms with Crippen LogP contribution in [0, 0.1) is 5.92 Å². The zero-order valence-corrected chi connectivity index (χ0v) is 11.2. The predicted molar refractivity (Wildman–Crippen MR) is 74.9 cm³/mol. The number of pyridine rings is 1. The Morgan fingerprint density at radius 1 is 1.50 bits per heavy atom. The fraction of sp³-hybridized carbons (Fsp3) is 0.462. The number of likely N-dealkylation sites (tertiary alicyclic amines) is 1. The maximum absolute atomic E-state index is 12.4. The molecule has 1 aliphatic rings. The number of carbonyl (C=O) groups is 2.